The normalized spacial score (nSPS) is 21.6. The molecule has 1 atom stereocenters. The second kappa shape index (κ2) is 5.05. The molecule has 1 aliphatic heterocycles. The van der Waals surface area contributed by atoms with Gasteiger partial charge in [-0.1, -0.05) is 48.5 Å². The van der Waals surface area contributed by atoms with Crippen LogP contribution in [0.4, 0.5) is 0 Å². The first kappa shape index (κ1) is 14.4. The molecule has 1 heterocycles. The van der Waals surface area contributed by atoms with E-state index < -0.39 is 11.5 Å². The van der Waals surface area contributed by atoms with Gasteiger partial charge in [-0.3, -0.25) is 14.6 Å². The quantitative estimate of drug-likeness (QED) is 0.856. The molecule has 0 aliphatic carbocycles. The predicted molar refractivity (Wildman–Crippen MR) is 81.0 cm³/mol. The van der Waals surface area contributed by atoms with Crippen LogP contribution in [0, 0.1) is 0 Å². The van der Waals surface area contributed by atoms with Crippen LogP contribution in [0.15, 0.2) is 54.6 Å². The van der Waals surface area contributed by atoms with E-state index in [1.807, 2.05) is 0 Å². The van der Waals surface area contributed by atoms with Crippen molar-refractivity contribution in [3.63, 3.8) is 0 Å². The molecule has 0 saturated carbocycles. The number of hydrazine groups is 1. The standard InChI is InChI=1S/C17H16N2O3/c1-18-16(21)13-10-6-7-11-14(13)17(22,19(18)2)15(20)12-8-4-3-5-9-12/h3-11,22H,1-2H3. The number of likely N-dealkylation sites (N-methyl/N-ethyl adjacent to an activating group) is 1. The third-order valence-electron chi connectivity index (χ3n) is 4.10. The van der Waals surface area contributed by atoms with Crippen molar-refractivity contribution in [3.05, 3.63) is 71.3 Å². The van der Waals surface area contributed by atoms with Gasteiger partial charge in [0.2, 0.25) is 11.5 Å². The molecule has 5 heteroatoms. The lowest BCUT2D eigenvalue weighted by atomic mass is 9.87. The zero-order chi connectivity index (χ0) is 15.9. The van der Waals surface area contributed by atoms with Crippen LogP contribution in [0.3, 0.4) is 0 Å². The van der Waals surface area contributed by atoms with Crippen molar-refractivity contribution >= 4 is 11.7 Å². The Morgan fingerprint density at radius 2 is 1.59 bits per heavy atom. The number of ketones is 1. The number of nitrogens with zero attached hydrogens (tertiary/aromatic N) is 2. The summed E-state index contributed by atoms with van der Waals surface area (Å²) in [6, 6.07) is 15.2. The molecule has 0 radical (unpaired) electrons. The first-order valence-corrected chi connectivity index (χ1v) is 6.91. The van der Waals surface area contributed by atoms with Gasteiger partial charge in [-0.2, -0.15) is 5.01 Å². The first-order valence-electron chi connectivity index (χ1n) is 6.91. The topological polar surface area (TPSA) is 60.9 Å². The molecular formula is C17H16N2O3. The second-order valence-corrected chi connectivity index (χ2v) is 5.27. The van der Waals surface area contributed by atoms with E-state index >= 15 is 0 Å². The SMILES string of the molecule is CN1C(=O)c2ccccc2C(O)(C(=O)c2ccccc2)N1C. The highest BCUT2D eigenvalue weighted by atomic mass is 16.3. The Kier molecular flexibility index (Phi) is 3.31. The summed E-state index contributed by atoms with van der Waals surface area (Å²) in [6.07, 6.45) is 0. The number of hydrogen-bond acceptors (Lipinski definition) is 4. The van der Waals surface area contributed by atoms with Crippen molar-refractivity contribution in [2.24, 2.45) is 0 Å². The number of hydrogen-bond donors (Lipinski definition) is 1. The van der Waals surface area contributed by atoms with Crippen molar-refractivity contribution in [1.29, 1.82) is 0 Å². The maximum Gasteiger partial charge on any atom is 0.268 e. The fraction of sp³-hybridized carbons (Fsp3) is 0.176. The van der Waals surface area contributed by atoms with Crippen molar-refractivity contribution < 1.29 is 14.7 Å². The lowest BCUT2D eigenvalue weighted by molar-refractivity contribution is -0.155. The third kappa shape index (κ3) is 1.87. The van der Waals surface area contributed by atoms with Crippen molar-refractivity contribution in [2.75, 3.05) is 14.1 Å². The zero-order valence-corrected chi connectivity index (χ0v) is 12.4. The number of carbonyl (C=O) groups is 2. The summed E-state index contributed by atoms with van der Waals surface area (Å²) in [4.78, 5) is 25.3. The summed E-state index contributed by atoms with van der Waals surface area (Å²) in [5, 5.41) is 13.7. The number of amides is 1. The van der Waals surface area contributed by atoms with Gasteiger partial charge in [0.1, 0.15) is 0 Å². The monoisotopic (exact) mass is 296 g/mol. The van der Waals surface area contributed by atoms with E-state index in [1.54, 1.807) is 54.6 Å². The Hall–Kier alpha value is -2.50. The van der Waals surface area contributed by atoms with E-state index in [0.717, 1.165) is 0 Å². The Labute approximate surface area is 128 Å². The number of carbonyl (C=O) groups excluding carboxylic acids is 2. The van der Waals surface area contributed by atoms with Crippen molar-refractivity contribution in [2.45, 2.75) is 5.72 Å². The fourth-order valence-corrected chi connectivity index (χ4v) is 2.74. The minimum atomic E-state index is -1.92. The van der Waals surface area contributed by atoms with Crippen LogP contribution in [-0.4, -0.2) is 40.9 Å². The lowest BCUT2D eigenvalue weighted by Gasteiger charge is -2.45. The molecule has 1 N–H and O–H groups in total. The Morgan fingerprint density at radius 1 is 1.00 bits per heavy atom. The van der Waals surface area contributed by atoms with Crippen LogP contribution in [0.25, 0.3) is 0 Å². The molecule has 3 rings (SSSR count). The highest BCUT2D eigenvalue weighted by Crippen LogP contribution is 2.36. The molecule has 2 aromatic rings. The van der Waals surface area contributed by atoms with Gasteiger partial charge < -0.3 is 5.11 Å². The lowest BCUT2D eigenvalue weighted by Crippen LogP contribution is -2.61. The maximum atomic E-state index is 12.9. The van der Waals surface area contributed by atoms with Gasteiger partial charge >= 0.3 is 0 Å². The van der Waals surface area contributed by atoms with Gasteiger partial charge in [-0.15, -0.1) is 0 Å². The summed E-state index contributed by atoms with van der Waals surface area (Å²) in [6.45, 7) is 0. The minimum absolute atomic E-state index is 0.261. The summed E-state index contributed by atoms with van der Waals surface area (Å²) in [5.74, 6) is -0.731. The molecule has 112 valence electrons. The minimum Gasteiger partial charge on any atom is -0.364 e. The maximum absolute atomic E-state index is 12.9. The molecule has 5 nitrogen and oxygen atoms in total. The van der Waals surface area contributed by atoms with Crippen LogP contribution >= 0.6 is 0 Å². The van der Waals surface area contributed by atoms with Gasteiger partial charge in [0, 0.05) is 30.8 Å². The average molecular weight is 296 g/mol. The second-order valence-electron chi connectivity index (χ2n) is 5.27. The van der Waals surface area contributed by atoms with Crippen LogP contribution in [0.5, 0.6) is 0 Å². The summed E-state index contributed by atoms with van der Waals surface area (Å²) < 4.78 is 0. The zero-order valence-electron chi connectivity index (χ0n) is 12.4. The molecule has 0 aromatic heterocycles. The van der Waals surface area contributed by atoms with E-state index in [4.69, 9.17) is 0 Å². The van der Waals surface area contributed by atoms with Crippen molar-refractivity contribution in [1.82, 2.24) is 10.0 Å². The van der Waals surface area contributed by atoms with Crippen LogP contribution in [0.2, 0.25) is 0 Å². The fourth-order valence-electron chi connectivity index (χ4n) is 2.74. The Bertz CT molecular complexity index is 745. The summed E-state index contributed by atoms with van der Waals surface area (Å²) >= 11 is 0. The predicted octanol–water partition coefficient (Wildman–Crippen LogP) is 1.65. The molecule has 0 bridgehead atoms. The highest BCUT2D eigenvalue weighted by Gasteiger charge is 2.50. The molecule has 1 aliphatic rings. The number of fused-ring (bicyclic) bond motifs is 1. The third-order valence-corrected chi connectivity index (χ3v) is 4.10. The molecule has 0 fully saturated rings. The average Bonchev–Trinajstić information content (AvgIpc) is 2.58. The van der Waals surface area contributed by atoms with E-state index in [2.05, 4.69) is 0 Å². The number of aliphatic hydroxyl groups is 1. The highest BCUT2D eigenvalue weighted by molar-refractivity contribution is 6.06. The van der Waals surface area contributed by atoms with E-state index in [1.165, 1.54) is 24.1 Å². The number of Topliss-reactive ketones (excluding diaryl/α,β-unsaturated/α-hetero) is 1. The van der Waals surface area contributed by atoms with Gasteiger partial charge in [0.05, 0.1) is 0 Å². The van der Waals surface area contributed by atoms with Gasteiger partial charge in [0.15, 0.2) is 0 Å². The Balaban J connectivity index is 2.21. The summed E-state index contributed by atoms with van der Waals surface area (Å²) in [5.41, 5.74) is -0.903. The Morgan fingerprint density at radius 3 is 2.27 bits per heavy atom. The van der Waals surface area contributed by atoms with E-state index in [0.29, 0.717) is 16.7 Å². The molecule has 2 aromatic carbocycles. The van der Waals surface area contributed by atoms with Crippen LogP contribution in [-0.2, 0) is 5.72 Å². The number of rotatable bonds is 2. The smallest absolute Gasteiger partial charge is 0.268 e. The van der Waals surface area contributed by atoms with Crippen LogP contribution < -0.4 is 0 Å². The van der Waals surface area contributed by atoms with Crippen LogP contribution in [0.1, 0.15) is 26.3 Å². The van der Waals surface area contributed by atoms with Gasteiger partial charge in [0.25, 0.3) is 5.91 Å². The summed E-state index contributed by atoms with van der Waals surface area (Å²) in [7, 11) is 3.05. The van der Waals surface area contributed by atoms with E-state index in [-0.39, 0.29) is 5.91 Å². The molecule has 1 unspecified atom stereocenters. The molecular weight excluding hydrogens is 280 g/mol. The molecule has 0 spiro atoms. The van der Waals surface area contributed by atoms with Gasteiger partial charge in [-0.05, 0) is 6.07 Å². The largest absolute Gasteiger partial charge is 0.364 e. The van der Waals surface area contributed by atoms with Crippen molar-refractivity contribution in [3.8, 4) is 0 Å². The number of benzene rings is 2. The van der Waals surface area contributed by atoms with E-state index in [9.17, 15) is 14.7 Å². The molecule has 22 heavy (non-hydrogen) atoms. The molecule has 1 amide bonds. The molecule has 0 saturated heterocycles. The first-order chi connectivity index (χ1) is 10.5. The van der Waals surface area contributed by atoms with Gasteiger partial charge in [-0.25, -0.2) is 0 Å².